The molecule has 0 bridgehead atoms. The summed E-state index contributed by atoms with van der Waals surface area (Å²) in [7, 11) is 0. The average Bonchev–Trinajstić information content (AvgIpc) is 2.53. The maximum atomic E-state index is 12.7. The van der Waals surface area contributed by atoms with Crippen molar-refractivity contribution in [1.82, 2.24) is 14.9 Å². The summed E-state index contributed by atoms with van der Waals surface area (Å²) < 4.78 is 2.27. The normalized spacial score (nSPS) is 22.7. The molecule has 3 rings (SSSR count). The second kappa shape index (κ2) is 7.31. The molecule has 3 N–H and O–H groups in total. The lowest BCUT2D eigenvalue weighted by atomic mass is 9.96. The summed E-state index contributed by atoms with van der Waals surface area (Å²) in [5.41, 5.74) is 1.44. The summed E-state index contributed by atoms with van der Waals surface area (Å²) in [5, 5.41) is 24.1. The van der Waals surface area contributed by atoms with E-state index >= 15 is 0 Å². The highest BCUT2D eigenvalue weighted by molar-refractivity contribution is 9.10. The minimum atomic E-state index is -0.722. The number of rotatable bonds is 4. The van der Waals surface area contributed by atoms with Crippen LogP contribution in [0.5, 0.6) is 0 Å². The Bertz CT molecular complexity index is 792. The number of fused-ring (bicyclic) bond motifs is 1. The van der Waals surface area contributed by atoms with E-state index in [1.807, 2.05) is 13.0 Å². The Balaban J connectivity index is 1.79. The van der Waals surface area contributed by atoms with Crippen LogP contribution in [0.15, 0.2) is 27.7 Å². The molecule has 1 aromatic heterocycles. The monoisotopic (exact) mass is 395 g/mol. The van der Waals surface area contributed by atoms with Gasteiger partial charge in [0.25, 0.3) is 5.56 Å². The molecular weight excluding hydrogens is 374 g/mol. The van der Waals surface area contributed by atoms with E-state index in [9.17, 15) is 15.0 Å². The summed E-state index contributed by atoms with van der Waals surface area (Å²) in [4.78, 5) is 17.0. The van der Waals surface area contributed by atoms with Gasteiger partial charge in [0.05, 0.1) is 36.0 Å². The van der Waals surface area contributed by atoms with Gasteiger partial charge in [-0.2, -0.15) is 0 Å². The van der Waals surface area contributed by atoms with Crippen LogP contribution in [0.4, 0.5) is 0 Å². The lowest BCUT2D eigenvalue weighted by Gasteiger charge is -2.30. The van der Waals surface area contributed by atoms with Gasteiger partial charge in [0, 0.05) is 10.5 Å². The summed E-state index contributed by atoms with van der Waals surface area (Å²) in [6.45, 7) is 2.92. The minimum Gasteiger partial charge on any atom is -0.392 e. The molecule has 6 nitrogen and oxygen atoms in total. The van der Waals surface area contributed by atoms with Crippen LogP contribution >= 0.6 is 15.9 Å². The highest BCUT2D eigenvalue weighted by Gasteiger charge is 2.25. The number of hydrogen-bond donors (Lipinski definition) is 3. The number of aliphatic hydroxyl groups is 2. The molecule has 1 aromatic carbocycles. The summed E-state index contributed by atoms with van der Waals surface area (Å²) in [5.74, 6) is 0. The molecule has 1 aliphatic rings. The van der Waals surface area contributed by atoms with Crippen LogP contribution in [-0.4, -0.2) is 44.6 Å². The number of nitrogens with zero attached hydrogens (tertiary/aromatic N) is 2. The zero-order valence-electron chi connectivity index (χ0n) is 13.6. The number of nitrogens with one attached hydrogen (secondary N) is 1. The van der Waals surface area contributed by atoms with Crippen LogP contribution in [0.2, 0.25) is 0 Å². The molecule has 1 fully saturated rings. The van der Waals surface area contributed by atoms with Gasteiger partial charge >= 0.3 is 0 Å². The SMILES string of the molecule is Cc1cc(Br)cc2c(=O)n(CC(O)C[C@H]3NCCC[C@@H]3O)cnc12. The fourth-order valence-electron chi connectivity index (χ4n) is 3.31. The first-order valence-electron chi connectivity index (χ1n) is 8.20. The Morgan fingerprint density at radius 1 is 1.50 bits per heavy atom. The number of aryl methyl sites for hydroxylation is 1. The van der Waals surface area contributed by atoms with E-state index in [-0.39, 0.29) is 18.1 Å². The van der Waals surface area contributed by atoms with E-state index in [0.717, 1.165) is 29.4 Å². The fraction of sp³-hybridized carbons (Fsp3) is 0.529. The molecule has 0 radical (unpaired) electrons. The number of halogens is 1. The van der Waals surface area contributed by atoms with Gasteiger partial charge in [-0.1, -0.05) is 15.9 Å². The number of aromatic nitrogens is 2. The third-order valence-corrected chi connectivity index (χ3v) is 5.02. The molecule has 1 saturated heterocycles. The van der Waals surface area contributed by atoms with Crippen molar-refractivity contribution in [3.05, 3.63) is 38.9 Å². The third kappa shape index (κ3) is 3.69. The first-order valence-corrected chi connectivity index (χ1v) is 9.00. The molecule has 0 spiro atoms. The Morgan fingerprint density at radius 3 is 3.04 bits per heavy atom. The topological polar surface area (TPSA) is 87.4 Å². The molecule has 0 saturated carbocycles. The lowest BCUT2D eigenvalue weighted by Crippen LogP contribution is -2.47. The van der Waals surface area contributed by atoms with Crippen molar-refractivity contribution in [1.29, 1.82) is 0 Å². The van der Waals surface area contributed by atoms with Gasteiger partial charge in [0.1, 0.15) is 0 Å². The maximum absolute atomic E-state index is 12.7. The van der Waals surface area contributed by atoms with Crippen molar-refractivity contribution in [2.75, 3.05) is 6.54 Å². The Labute approximate surface area is 148 Å². The number of aliphatic hydroxyl groups excluding tert-OH is 2. The second-order valence-electron chi connectivity index (χ2n) is 6.48. The van der Waals surface area contributed by atoms with E-state index in [0.29, 0.717) is 17.3 Å². The quantitative estimate of drug-likeness (QED) is 0.726. The van der Waals surface area contributed by atoms with Crippen molar-refractivity contribution in [3.63, 3.8) is 0 Å². The zero-order valence-corrected chi connectivity index (χ0v) is 15.2. The van der Waals surface area contributed by atoms with E-state index in [1.54, 1.807) is 6.07 Å². The number of hydrogen-bond acceptors (Lipinski definition) is 5. The van der Waals surface area contributed by atoms with Crippen LogP contribution in [0.1, 0.15) is 24.8 Å². The van der Waals surface area contributed by atoms with Crippen LogP contribution in [0, 0.1) is 6.92 Å². The Morgan fingerprint density at radius 2 is 2.29 bits per heavy atom. The van der Waals surface area contributed by atoms with Gasteiger partial charge in [0.2, 0.25) is 0 Å². The molecule has 7 heteroatoms. The van der Waals surface area contributed by atoms with Gasteiger partial charge in [-0.05, 0) is 50.4 Å². The van der Waals surface area contributed by atoms with Crippen molar-refractivity contribution in [3.8, 4) is 0 Å². The van der Waals surface area contributed by atoms with Gasteiger partial charge in [-0.25, -0.2) is 4.98 Å². The largest absolute Gasteiger partial charge is 0.392 e. The average molecular weight is 396 g/mol. The highest BCUT2D eigenvalue weighted by Crippen LogP contribution is 2.20. The first kappa shape index (κ1) is 17.5. The first-order chi connectivity index (χ1) is 11.5. The molecule has 3 atom stereocenters. The molecule has 1 unspecified atom stereocenters. The molecule has 130 valence electrons. The van der Waals surface area contributed by atoms with E-state index in [4.69, 9.17) is 0 Å². The molecule has 0 amide bonds. The summed E-state index contributed by atoms with van der Waals surface area (Å²) in [6, 6.07) is 3.55. The standard InChI is InChI=1S/C17H22BrN3O3/c1-10-5-11(18)6-13-16(10)20-9-21(17(13)24)8-12(22)7-14-15(23)3-2-4-19-14/h5-6,9,12,14-15,19,22-23H,2-4,7-8H2,1H3/t12?,14-,15+/m1/s1. The van der Waals surface area contributed by atoms with E-state index < -0.39 is 12.2 Å². The van der Waals surface area contributed by atoms with Crippen molar-refractivity contribution in [2.45, 2.75) is 51.0 Å². The molecule has 2 heterocycles. The van der Waals surface area contributed by atoms with Gasteiger partial charge in [-0.15, -0.1) is 0 Å². The van der Waals surface area contributed by atoms with Gasteiger partial charge in [0.15, 0.2) is 0 Å². The predicted octanol–water partition coefficient (Wildman–Crippen LogP) is 1.33. The molecule has 0 aliphatic carbocycles. The highest BCUT2D eigenvalue weighted by atomic mass is 79.9. The Hall–Kier alpha value is -1.28. The van der Waals surface area contributed by atoms with Crippen LogP contribution in [-0.2, 0) is 6.54 Å². The fourth-order valence-corrected chi connectivity index (χ4v) is 3.88. The van der Waals surface area contributed by atoms with Crippen LogP contribution in [0.3, 0.4) is 0 Å². The summed E-state index contributed by atoms with van der Waals surface area (Å²) >= 11 is 3.40. The van der Waals surface area contributed by atoms with Crippen molar-refractivity contribution < 1.29 is 10.2 Å². The lowest BCUT2D eigenvalue weighted by molar-refractivity contribution is 0.0539. The van der Waals surface area contributed by atoms with Crippen molar-refractivity contribution in [2.24, 2.45) is 0 Å². The minimum absolute atomic E-state index is 0.130. The van der Waals surface area contributed by atoms with E-state index in [2.05, 4.69) is 26.2 Å². The van der Waals surface area contributed by atoms with Gasteiger partial charge in [-0.3, -0.25) is 9.36 Å². The zero-order chi connectivity index (χ0) is 17.3. The van der Waals surface area contributed by atoms with Crippen LogP contribution < -0.4 is 10.9 Å². The Kier molecular flexibility index (Phi) is 5.34. The van der Waals surface area contributed by atoms with Crippen molar-refractivity contribution >= 4 is 26.8 Å². The second-order valence-corrected chi connectivity index (χ2v) is 7.40. The van der Waals surface area contributed by atoms with Gasteiger partial charge < -0.3 is 15.5 Å². The predicted molar refractivity (Wildman–Crippen MR) is 96.1 cm³/mol. The maximum Gasteiger partial charge on any atom is 0.261 e. The van der Waals surface area contributed by atoms with Crippen LogP contribution in [0.25, 0.3) is 10.9 Å². The molecule has 2 aromatic rings. The number of piperidine rings is 1. The molecule has 1 aliphatic heterocycles. The molecular formula is C17H22BrN3O3. The van der Waals surface area contributed by atoms with E-state index in [1.165, 1.54) is 10.9 Å². The molecule has 24 heavy (non-hydrogen) atoms. The number of benzene rings is 1. The smallest absolute Gasteiger partial charge is 0.261 e. The third-order valence-electron chi connectivity index (χ3n) is 4.56. The summed E-state index contributed by atoms with van der Waals surface area (Å²) in [6.07, 6.45) is 2.41.